The SMILES string of the molecule is Cl.Cl.O=C(Cc1coc(-c2ccc(F)cc2)n1)N[C@H]1CCCNC1. The van der Waals surface area contributed by atoms with Gasteiger partial charge in [-0.25, -0.2) is 9.37 Å². The van der Waals surface area contributed by atoms with Gasteiger partial charge in [0.05, 0.1) is 12.1 Å². The Morgan fingerprint density at radius 2 is 2.08 bits per heavy atom. The molecule has 1 aliphatic heterocycles. The van der Waals surface area contributed by atoms with Gasteiger partial charge in [-0.1, -0.05) is 0 Å². The normalized spacial score (nSPS) is 16.6. The Hall–Kier alpha value is -1.63. The molecule has 1 saturated heterocycles. The number of halogens is 3. The first-order valence-corrected chi connectivity index (χ1v) is 7.41. The third-order valence-corrected chi connectivity index (χ3v) is 3.65. The lowest BCUT2D eigenvalue weighted by molar-refractivity contribution is -0.121. The molecule has 0 spiro atoms. The van der Waals surface area contributed by atoms with Gasteiger partial charge in [-0.05, 0) is 43.7 Å². The number of aromatic nitrogens is 1. The summed E-state index contributed by atoms with van der Waals surface area (Å²) in [7, 11) is 0. The van der Waals surface area contributed by atoms with Crippen LogP contribution in [0.25, 0.3) is 11.5 Å². The zero-order valence-electron chi connectivity index (χ0n) is 13.0. The van der Waals surface area contributed by atoms with Gasteiger partial charge in [-0.2, -0.15) is 0 Å². The second kappa shape index (κ2) is 9.61. The molecule has 24 heavy (non-hydrogen) atoms. The zero-order chi connectivity index (χ0) is 15.4. The van der Waals surface area contributed by atoms with Gasteiger partial charge in [0.15, 0.2) is 0 Å². The molecule has 1 aliphatic rings. The number of piperidine rings is 1. The monoisotopic (exact) mass is 375 g/mol. The quantitative estimate of drug-likeness (QED) is 0.861. The highest BCUT2D eigenvalue weighted by Crippen LogP contribution is 2.19. The topological polar surface area (TPSA) is 67.2 Å². The van der Waals surface area contributed by atoms with E-state index >= 15 is 0 Å². The molecule has 5 nitrogen and oxygen atoms in total. The summed E-state index contributed by atoms with van der Waals surface area (Å²) in [4.78, 5) is 16.3. The summed E-state index contributed by atoms with van der Waals surface area (Å²) in [6, 6.07) is 6.08. The number of carbonyl (C=O) groups is 1. The Morgan fingerprint density at radius 3 is 2.75 bits per heavy atom. The Morgan fingerprint density at radius 1 is 1.33 bits per heavy atom. The number of hydrogen-bond donors (Lipinski definition) is 2. The molecule has 0 radical (unpaired) electrons. The Labute approximate surface area is 152 Å². The summed E-state index contributed by atoms with van der Waals surface area (Å²) >= 11 is 0. The van der Waals surface area contributed by atoms with E-state index in [0.29, 0.717) is 17.1 Å². The first kappa shape index (κ1) is 20.4. The molecule has 1 atom stereocenters. The minimum absolute atomic E-state index is 0. The summed E-state index contributed by atoms with van der Waals surface area (Å²) in [6.45, 7) is 1.82. The number of rotatable bonds is 4. The van der Waals surface area contributed by atoms with Crippen LogP contribution in [0.1, 0.15) is 18.5 Å². The van der Waals surface area contributed by atoms with Crippen molar-refractivity contribution in [2.24, 2.45) is 0 Å². The number of nitrogens with one attached hydrogen (secondary N) is 2. The fourth-order valence-electron chi connectivity index (χ4n) is 2.53. The summed E-state index contributed by atoms with van der Waals surface area (Å²) in [5.41, 5.74) is 1.25. The highest BCUT2D eigenvalue weighted by Gasteiger charge is 2.17. The molecule has 1 fully saturated rings. The van der Waals surface area contributed by atoms with Gasteiger partial charge in [0, 0.05) is 18.2 Å². The Balaban J connectivity index is 0.00000144. The van der Waals surface area contributed by atoms with Crippen molar-refractivity contribution in [3.63, 3.8) is 0 Å². The van der Waals surface area contributed by atoms with Gasteiger partial charge in [0.1, 0.15) is 12.1 Å². The third kappa shape index (κ3) is 5.47. The van der Waals surface area contributed by atoms with Crippen LogP contribution >= 0.6 is 24.8 Å². The molecular formula is C16H20Cl2FN3O2. The van der Waals surface area contributed by atoms with Crippen molar-refractivity contribution in [3.05, 3.63) is 42.0 Å². The van der Waals surface area contributed by atoms with E-state index in [4.69, 9.17) is 4.42 Å². The van der Waals surface area contributed by atoms with Crippen LogP contribution in [0.5, 0.6) is 0 Å². The molecule has 132 valence electrons. The third-order valence-electron chi connectivity index (χ3n) is 3.65. The van der Waals surface area contributed by atoms with Crippen LogP contribution in [-0.4, -0.2) is 30.0 Å². The number of oxazole rings is 1. The number of benzene rings is 1. The van der Waals surface area contributed by atoms with Crippen LogP contribution in [0, 0.1) is 5.82 Å². The van der Waals surface area contributed by atoms with Gasteiger partial charge in [0.2, 0.25) is 11.8 Å². The van der Waals surface area contributed by atoms with Crippen LogP contribution in [0.2, 0.25) is 0 Å². The van der Waals surface area contributed by atoms with Crippen LogP contribution in [0.4, 0.5) is 4.39 Å². The van der Waals surface area contributed by atoms with E-state index in [1.807, 2.05) is 0 Å². The largest absolute Gasteiger partial charge is 0.444 e. The fraction of sp³-hybridized carbons (Fsp3) is 0.375. The molecule has 2 N–H and O–H groups in total. The van der Waals surface area contributed by atoms with Crippen molar-refractivity contribution in [2.75, 3.05) is 13.1 Å². The molecule has 2 aromatic rings. The van der Waals surface area contributed by atoms with E-state index in [9.17, 15) is 9.18 Å². The predicted molar refractivity (Wildman–Crippen MR) is 94.1 cm³/mol. The molecule has 0 saturated carbocycles. The Bertz CT molecular complexity index is 643. The second-order valence-electron chi connectivity index (χ2n) is 5.44. The van der Waals surface area contributed by atoms with Crippen molar-refractivity contribution in [3.8, 4) is 11.5 Å². The number of amides is 1. The van der Waals surface area contributed by atoms with Crippen LogP contribution in [0.3, 0.4) is 0 Å². The molecule has 0 aliphatic carbocycles. The second-order valence-corrected chi connectivity index (χ2v) is 5.44. The lowest BCUT2D eigenvalue weighted by Crippen LogP contribution is -2.46. The van der Waals surface area contributed by atoms with Crippen LogP contribution in [-0.2, 0) is 11.2 Å². The minimum atomic E-state index is -0.309. The van der Waals surface area contributed by atoms with Crippen molar-refractivity contribution >= 4 is 30.7 Å². The fourth-order valence-corrected chi connectivity index (χ4v) is 2.53. The van der Waals surface area contributed by atoms with E-state index in [1.165, 1.54) is 18.4 Å². The first-order chi connectivity index (χ1) is 10.7. The molecule has 3 rings (SSSR count). The molecule has 1 aromatic heterocycles. The summed E-state index contributed by atoms with van der Waals surface area (Å²) in [5.74, 6) is 0.0192. The van der Waals surface area contributed by atoms with E-state index in [-0.39, 0.29) is 49.0 Å². The molecular weight excluding hydrogens is 356 g/mol. The van der Waals surface area contributed by atoms with Gasteiger partial charge in [-0.15, -0.1) is 24.8 Å². The summed E-state index contributed by atoms with van der Waals surface area (Å²) in [6.07, 6.45) is 3.72. The molecule has 2 heterocycles. The first-order valence-electron chi connectivity index (χ1n) is 7.41. The molecule has 0 unspecified atom stereocenters. The average Bonchev–Trinajstić information content (AvgIpc) is 2.97. The van der Waals surface area contributed by atoms with Crippen molar-refractivity contribution < 1.29 is 13.6 Å². The minimum Gasteiger partial charge on any atom is -0.444 e. The van der Waals surface area contributed by atoms with E-state index in [1.54, 1.807) is 12.1 Å². The average molecular weight is 376 g/mol. The number of carbonyl (C=O) groups excluding carboxylic acids is 1. The van der Waals surface area contributed by atoms with Crippen molar-refractivity contribution in [1.29, 1.82) is 0 Å². The summed E-state index contributed by atoms with van der Waals surface area (Å²) < 4.78 is 18.2. The maximum Gasteiger partial charge on any atom is 0.226 e. The van der Waals surface area contributed by atoms with Crippen LogP contribution < -0.4 is 10.6 Å². The maximum atomic E-state index is 12.9. The Kier molecular flexibility index (Phi) is 8.18. The van der Waals surface area contributed by atoms with Gasteiger partial charge in [-0.3, -0.25) is 4.79 Å². The lowest BCUT2D eigenvalue weighted by Gasteiger charge is -2.23. The van der Waals surface area contributed by atoms with Crippen molar-refractivity contribution in [2.45, 2.75) is 25.3 Å². The predicted octanol–water partition coefficient (Wildman–Crippen LogP) is 2.74. The lowest BCUT2D eigenvalue weighted by atomic mass is 10.1. The highest BCUT2D eigenvalue weighted by atomic mass is 35.5. The molecule has 0 bridgehead atoms. The molecule has 1 amide bonds. The van der Waals surface area contributed by atoms with E-state index in [2.05, 4.69) is 15.6 Å². The number of nitrogens with zero attached hydrogens (tertiary/aromatic N) is 1. The summed E-state index contributed by atoms with van der Waals surface area (Å²) in [5, 5.41) is 6.25. The maximum absolute atomic E-state index is 12.9. The van der Waals surface area contributed by atoms with E-state index < -0.39 is 0 Å². The zero-order valence-corrected chi connectivity index (χ0v) is 14.6. The standard InChI is InChI=1S/C16H18FN3O2.2ClH/c17-12-5-3-11(4-6-12)16-20-14(10-22-16)8-15(21)19-13-2-1-7-18-9-13;;/h3-6,10,13,18H,1-2,7-9H2,(H,19,21);2*1H/t13-;;/m0../s1. The van der Waals surface area contributed by atoms with E-state index in [0.717, 1.165) is 25.9 Å². The van der Waals surface area contributed by atoms with Gasteiger partial charge in [0.25, 0.3) is 0 Å². The number of hydrogen-bond acceptors (Lipinski definition) is 4. The van der Waals surface area contributed by atoms with Gasteiger partial charge >= 0.3 is 0 Å². The highest BCUT2D eigenvalue weighted by molar-refractivity contribution is 5.85. The smallest absolute Gasteiger partial charge is 0.226 e. The van der Waals surface area contributed by atoms with Gasteiger partial charge < -0.3 is 15.1 Å². The molecule has 1 aromatic carbocycles. The molecule has 8 heteroatoms. The van der Waals surface area contributed by atoms with Crippen molar-refractivity contribution in [1.82, 2.24) is 15.6 Å². The van der Waals surface area contributed by atoms with Crippen LogP contribution in [0.15, 0.2) is 34.9 Å².